The van der Waals surface area contributed by atoms with Gasteiger partial charge in [-0.3, -0.25) is 4.90 Å². The minimum absolute atomic E-state index is 0.652. The van der Waals surface area contributed by atoms with Gasteiger partial charge in [0.1, 0.15) is 12.3 Å². The molecule has 0 aromatic heterocycles. The third-order valence-electron chi connectivity index (χ3n) is 1.96. The van der Waals surface area contributed by atoms with Gasteiger partial charge in [-0.1, -0.05) is 0 Å². The predicted octanol–water partition coefficient (Wildman–Crippen LogP) is 1.46. The molecule has 1 fully saturated rings. The van der Waals surface area contributed by atoms with E-state index in [1.807, 2.05) is 0 Å². The standard InChI is InChI=1S/C9H14F3NO4/c1-7(2,3)17-6(14)13-4-8(15,16-5-13)9(10,11)12/h15H,4-5H2,1-3H3. The number of carbonyl (C=O) groups excluding carboxylic acids is 1. The van der Waals surface area contributed by atoms with E-state index in [4.69, 9.17) is 9.84 Å². The van der Waals surface area contributed by atoms with Gasteiger partial charge >= 0.3 is 12.3 Å². The molecule has 0 aromatic rings. The molecule has 0 radical (unpaired) electrons. The molecule has 1 aliphatic heterocycles. The van der Waals surface area contributed by atoms with Crippen LogP contribution in [0.1, 0.15) is 20.8 Å². The molecule has 100 valence electrons. The van der Waals surface area contributed by atoms with Crippen molar-refractivity contribution in [2.24, 2.45) is 0 Å². The molecule has 1 saturated heterocycles. The van der Waals surface area contributed by atoms with Crippen molar-refractivity contribution in [3.63, 3.8) is 0 Å². The minimum atomic E-state index is -4.95. The molecule has 1 unspecified atom stereocenters. The summed E-state index contributed by atoms with van der Waals surface area (Å²) < 4.78 is 46.2. The molecule has 1 heterocycles. The van der Waals surface area contributed by atoms with Gasteiger partial charge in [-0.25, -0.2) is 4.79 Å². The van der Waals surface area contributed by atoms with E-state index in [-0.39, 0.29) is 0 Å². The first kappa shape index (κ1) is 14.0. The minimum Gasteiger partial charge on any atom is -0.444 e. The number of ether oxygens (including phenoxy) is 2. The lowest BCUT2D eigenvalue weighted by Gasteiger charge is -2.25. The molecule has 0 aliphatic carbocycles. The number of aliphatic hydroxyl groups is 1. The maximum atomic E-state index is 12.4. The van der Waals surface area contributed by atoms with E-state index in [9.17, 15) is 18.0 Å². The Labute approximate surface area is 96.1 Å². The predicted molar refractivity (Wildman–Crippen MR) is 49.9 cm³/mol. The second-order valence-corrected chi connectivity index (χ2v) is 4.73. The van der Waals surface area contributed by atoms with E-state index >= 15 is 0 Å². The molecule has 0 bridgehead atoms. The van der Waals surface area contributed by atoms with Crippen molar-refractivity contribution in [1.82, 2.24) is 4.90 Å². The van der Waals surface area contributed by atoms with E-state index in [0.29, 0.717) is 4.90 Å². The van der Waals surface area contributed by atoms with Crippen LogP contribution in [0.2, 0.25) is 0 Å². The monoisotopic (exact) mass is 257 g/mol. The van der Waals surface area contributed by atoms with E-state index in [1.54, 1.807) is 20.8 Å². The van der Waals surface area contributed by atoms with Gasteiger partial charge in [0, 0.05) is 0 Å². The van der Waals surface area contributed by atoms with Gasteiger partial charge in [-0.2, -0.15) is 13.2 Å². The number of alkyl halides is 3. The molecule has 1 N–H and O–H groups in total. The summed E-state index contributed by atoms with van der Waals surface area (Å²) in [5.74, 6) is -3.32. The van der Waals surface area contributed by atoms with E-state index in [1.165, 1.54) is 0 Å². The number of halogens is 3. The largest absolute Gasteiger partial charge is 0.445 e. The van der Waals surface area contributed by atoms with Crippen LogP contribution in [0.3, 0.4) is 0 Å². The Kier molecular flexibility index (Phi) is 3.32. The Morgan fingerprint density at radius 3 is 2.29 bits per heavy atom. The number of carbonyl (C=O) groups is 1. The number of β-amino-alcohol motifs (C(OH)–C–C–N with tert-alkyl or cyclic N) is 1. The first-order chi connectivity index (χ1) is 7.45. The van der Waals surface area contributed by atoms with E-state index < -0.39 is 36.9 Å². The third kappa shape index (κ3) is 3.22. The quantitative estimate of drug-likeness (QED) is 0.713. The highest BCUT2D eigenvalue weighted by atomic mass is 19.4. The Morgan fingerprint density at radius 1 is 1.41 bits per heavy atom. The van der Waals surface area contributed by atoms with E-state index in [2.05, 4.69) is 4.74 Å². The summed E-state index contributed by atoms with van der Waals surface area (Å²) in [5.41, 5.74) is -0.823. The molecule has 8 heteroatoms. The SMILES string of the molecule is CC(C)(C)OC(=O)N1COC(O)(C(F)(F)F)C1. The maximum absolute atomic E-state index is 12.4. The zero-order valence-electron chi connectivity index (χ0n) is 9.67. The molecule has 0 aromatic carbocycles. The van der Waals surface area contributed by atoms with Gasteiger partial charge in [0.25, 0.3) is 5.79 Å². The fourth-order valence-electron chi connectivity index (χ4n) is 1.15. The number of hydrogen-bond acceptors (Lipinski definition) is 4. The Bertz CT molecular complexity index is 312. The zero-order chi connectivity index (χ0) is 13.5. The van der Waals surface area contributed by atoms with Crippen LogP contribution in [0, 0.1) is 0 Å². The van der Waals surface area contributed by atoms with Gasteiger partial charge in [0.2, 0.25) is 0 Å². The number of amides is 1. The van der Waals surface area contributed by atoms with Crippen molar-refractivity contribution in [1.29, 1.82) is 0 Å². The van der Waals surface area contributed by atoms with Crippen LogP contribution < -0.4 is 0 Å². The highest BCUT2D eigenvalue weighted by Gasteiger charge is 2.60. The van der Waals surface area contributed by atoms with Crippen LogP contribution in [0.5, 0.6) is 0 Å². The Morgan fingerprint density at radius 2 is 1.94 bits per heavy atom. The number of rotatable bonds is 0. The highest BCUT2D eigenvalue weighted by molar-refractivity contribution is 5.68. The molecule has 0 spiro atoms. The first-order valence-corrected chi connectivity index (χ1v) is 4.86. The lowest BCUT2D eigenvalue weighted by atomic mass is 10.2. The Balaban J connectivity index is 2.65. The molecular formula is C9H14F3NO4. The summed E-state index contributed by atoms with van der Waals surface area (Å²) in [4.78, 5) is 12.1. The summed E-state index contributed by atoms with van der Waals surface area (Å²) in [5, 5.41) is 9.15. The van der Waals surface area contributed by atoms with Crippen LogP contribution in [-0.4, -0.2) is 46.9 Å². The summed E-state index contributed by atoms with van der Waals surface area (Å²) in [6, 6.07) is 0. The lowest BCUT2D eigenvalue weighted by molar-refractivity contribution is -0.343. The van der Waals surface area contributed by atoms with Crippen LogP contribution >= 0.6 is 0 Å². The van der Waals surface area contributed by atoms with Gasteiger partial charge in [-0.05, 0) is 20.8 Å². The van der Waals surface area contributed by atoms with Crippen LogP contribution in [0.25, 0.3) is 0 Å². The molecule has 1 amide bonds. The lowest BCUT2D eigenvalue weighted by Crippen LogP contribution is -2.49. The van der Waals surface area contributed by atoms with Crippen molar-refractivity contribution >= 4 is 6.09 Å². The number of hydrogen-bond donors (Lipinski definition) is 1. The number of nitrogens with zero attached hydrogens (tertiary/aromatic N) is 1. The fourth-order valence-corrected chi connectivity index (χ4v) is 1.15. The topological polar surface area (TPSA) is 59.0 Å². The average molecular weight is 257 g/mol. The highest BCUT2D eigenvalue weighted by Crippen LogP contribution is 2.35. The zero-order valence-corrected chi connectivity index (χ0v) is 9.67. The first-order valence-electron chi connectivity index (χ1n) is 4.86. The Hall–Kier alpha value is -1.02. The summed E-state index contributed by atoms with van der Waals surface area (Å²) in [6.45, 7) is 3.09. The molecule has 17 heavy (non-hydrogen) atoms. The van der Waals surface area contributed by atoms with Crippen LogP contribution in [-0.2, 0) is 9.47 Å². The van der Waals surface area contributed by atoms with Gasteiger partial charge in [0.05, 0.1) is 6.54 Å². The van der Waals surface area contributed by atoms with Crippen molar-refractivity contribution in [3.8, 4) is 0 Å². The van der Waals surface area contributed by atoms with Gasteiger partial charge in [0.15, 0.2) is 0 Å². The summed E-state index contributed by atoms with van der Waals surface area (Å²) in [7, 11) is 0. The fraction of sp³-hybridized carbons (Fsp3) is 0.889. The third-order valence-corrected chi connectivity index (χ3v) is 1.96. The summed E-state index contributed by atoms with van der Waals surface area (Å²) in [6.07, 6.45) is -5.92. The second-order valence-electron chi connectivity index (χ2n) is 4.73. The van der Waals surface area contributed by atoms with Gasteiger partial charge < -0.3 is 14.6 Å². The maximum Gasteiger partial charge on any atom is 0.445 e. The molecule has 1 rings (SSSR count). The second kappa shape index (κ2) is 4.02. The molecule has 5 nitrogen and oxygen atoms in total. The average Bonchev–Trinajstić information content (AvgIpc) is 2.44. The summed E-state index contributed by atoms with van der Waals surface area (Å²) >= 11 is 0. The molecular weight excluding hydrogens is 243 g/mol. The smallest absolute Gasteiger partial charge is 0.444 e. The van der Waals surface area contributed by atoms with Crippen LogP contribution in [0.4, 0.5) is 18.0 Å². The molecule has 1 atom stereocenters. The van der Waals surface area contributed by atoms with Crippen LogP contribution in [0.15, 0.2) is 0 Å². The van der Waals surface area contributed by atoms with Gasteiger partial charge in [-0.15, -0.1) is 0 Å². The molecule has 1 aliphatic rings. The van der Waals surface area contributed by atoms with Crippen molar-refractivity contribution < 1.29 is 32.5 Å². The van der Waals surface area contributed by atoms with Crippen molar-refractivity contribution in [3.05, 3.63) is 0 Å². The normalized spacial score (nSPS) is 26.2. The van der Waals surface area contributed by atoms with Crippen molar-refractivity contribution in [2.45, 2.75) is 38.3 Å². The van der Waals surface area contributed by atoms with Crippen molar-refractivity contribution in [2.75, 3.05) is 13.3 Å². The van der Waals surface area contributed by atoms with E-state index in [0.717, 1.165) is 0 Å². The molecule has 0 saturated carbocycles.